The second-order valence-electron chi connectivity index (χ2n) is 10.2. The Hall–Kier alpha value is -1.65. The fourth-order valence-electron chi connectivity index (χ4n) is 6.93. The second kappa shape index (κ2) is 6.68. The Morgan fingerprint density at radius 1 is 1.24 bits per heavy atom. The maximum atomic E-state index is 15.2. The lowest BCUT2D eigenvalue weighted by molar-refractivity contribution is -0.133. The van der Waals surface area contributed by atoms with Crippen LogP contribution in [-0.2, 0) is 11.2 Å². The number of aromatic hydroxyl groups is 1. The van der Waals surface area contributed by atoms with Gasteiger partial charge in [0.2, 0.25) is 5.91 Å². The molecule has 4 aliphatic rings. The Morgan fingerprint density at radius 2 is 2.03 bits per heavy atom. The number of benzene rings is 1. The van der Waals surface area contributed by atoms with E-state index in [-0.39, 0.29) is 35.8 Å². The molecule has 1 aromatic rings. The summed E-state index contributed by atoms with van der Waals surface area (Å²) in [4.78, 5) is 12.2. The maximum absolute atomic E-state index is 15.2. The molecule has 2 N–H and O–H groups in total. The van der Waals surface area contributed by atoms with E-state index < -0.39 is 11.3 Å². The second-order valence-corrected chi connectivity index (χ2v) is 10.2. The fourth-order valence-corrected chi connectivity index (χ4v) is 6.93. The van der Waals surface area contributed by atoms with E-state index in [1.165, 1.54) is 11.1 Å². The number of fused-ring (bicyclic) bond motifs is 5. The van der Waals surface area contributed by atoms with E-state index in [1.54, 1.807) is 6.07 Å². The number of aryl methyl sites for hydroxylation is 1. The SMILES string of the molecule is C[C@]12CCC3c4ccc(O)cc4CCC3C1[C@@H](CCC(=O)NC1CC1)CC2(F)F. The average molecular weight is 404 g/mol. The number of nitrogens with one attached hydrogen (secondary N) is 1. The summed E-state index contributed by atoms with van der Waals surface area (Å²) in [5, 5.41) is 12.8. The molecule has 1 aromatic carbocycles. The van der Waals surface area contributed by atoms with Crippen molar-refractivity contribution in [1.29, 1.82) is 0 Å². The van der Waals surface area contributed by atoms with Crippen molar-refractivity contribution in [2.45, 2.75) is 82.6 Å². The third-order valence-corrected chi connectivity index (χ3v) is 8.51. The summed E-state index contributed by atoms with van der Waals surface area (Å²) in [7, 11) is 0. The van der Waals surface area contributed by atoms with Crippen LogP contribution < -0.4 is 5.32 Å². The van der Waals surface area contributed by atoms with E-state index in [2.05, 4.69) is 5.32 Å². The van der Waals surface area contributed by atoms with Gasteiger partial charge in [-0.2, -0.15) is 0 Å². The van der Waals surface area contributed by atoms with Crippen LogP contribution in [0.5, 0.6) is 5.75 Å². The summed E-state index contributed by atoms with van der Waals surface area (Å²) in [6.07, 6.45) is 6.04. The standard InChI is InChI=1S/C24H31F2NO2/c1-23-11-10-19-18-8-6-17(28)12-14(18)2-7-20(19)22(23)15(13-24(23,25)26)3-9-21(29)27-16-4-5-16/h6,8,12,15-16,19-20,22,28H,2-5,7,9-11,13H2,1H3,(H,27,29)/t15-,19?,20?,22?,23-/m0/s1. The molecule has 3 unspecified atom stereocenters. The molecule has 0 bridgehead atoms. The van der Waals surface area contributed by atoms with Gasteiger partial charge in [-0.15, -0.1) is 0 Å². The number of phenolic OH excluding ortho intramolecular Hbond substituents is 1. The highest BCUT2D eigenvalue weighted by atomic mass is 19.3. The van der Waals surface area contributed by atoms with Gasteiger partial charge >= 0.3 is 0 Å². The van der Waals surface area contributed by atoms with Crippen molar-refractivity contribution < 1.29 is 18.7 Å². The quantitative estimate of drug-likeness (QED) is 0.729. The van der Waals surface area contributed by atoms with Gasteiger partial charge in [0, 0.05) is 24.3 Å². The summed E-state index contributed by atoms with van der Waals surface area (Å²) >= 11 is 0. The summed E-state index contributed by atoms with van der Waals surface area (Å²) in [6, 6.07) is 5.92. The van der Waals surface area contributed by atoms with Gasteiger partial charge in [0.15, 0.2) is 0 Å². The Labute approximate surface area is 171 Å². The summed E-state index contributed by atoms with van der Waals surface area (Å²) < 4.78 is 30.5. The third-order valence-electron chi connectivity index (χ3n) is 8.51. The summed E-state index contributed by atoms with van der Waals surface area (Å²) in [6.45, 7) is 1.81. The molecule has 3 saturated carbocycles. The molecular weight excluding hydrogens is 372 g/mol. The number of rotatable bonds is 4. The first-order chi connectivity index (χ1) is 13.8. The number of hydrogen-bond donors (Lipinski definition) is 2. The van der Waals surface area contributed by atoms with Gasteiger partial charge in [-0.3, -0.25) is 4.79 Å². The van der Waals surface area contributed by atoms with Crippen LogP contribution in [0.2, 0.25) is 0 Å². The van der Waals surface area contributed by atoms with Crippen molar-refractivity contribution in [3.63, 3.8) is 0 Å². The molecule has 0 aromatic heterocycles. The van der Waals surface area contributed by atoms with Gasteiger partial charge in [-0.1, -0.05) is 13.0 Å². The molecule has 5 heteroatoms. The van der Waals surface area contributed by atoms with Crippen LogP contribution in [-0.4, -0.2) is 23.0 Å². The number of carbonyl (C=O) groups is 1. The molecule has 5 atom stereocenters. The predicted molar refractivity (Wildman–Crippen MR) is 107 cm³/mol. The number of hydrogen-bond acceptors (Lipinski definition) is 2. The third kappa shape index (κ3) is 3.16. The topological polar surface area (TPSA) is 49.3 Å². The van der Waals surface area contributed by atoms with Crippen molar-refractivity contribution >= 4 is 5.91 Å². The Bertz CT molecular complexity index is 821. The number of carbonyl (C=O) groups excluding carboxylic acids is 1. The van der Waals surface area contributed by atoms with E-state index in [0.29, 0.717) is 31.2 Å². The Kier molecular flexibility index (Phi) is 4.45. The molecule has 0 spiro atoms. The first-order valence-electron chi connectivity index (χ1n) is 11.3. The van der Waals surface area contributed by atoms with E-state index >= 15 is 8.78 Å². The number of halogens is 2. The fraction of sp³-hybridized carbons (Fsp3) is 0.708. The number of amides is 1. The van der Waals surface area contributed by atoms with E-state index in [4.69, 9.17) is 0 Å². The molecule has 0 radical (unpaired) electrons. The van der Waals surface area contributed by atoms with Gasteiger partial charge in [-0.25, -0.2) is 8.78 Å². The predicted octanol–water partition coefficient (Wildman–Crippen LogP) is 5.17. The lowest BCUT2D eigenvalue weighted by Crippen LogP contribution is -2.47. The smallest absolute Gasteiger partial charge is 0.253 e. The van der Waals surface area contributed by atoms with Crippen LogP contribution in [0.4, 0.5) is 8.78 Å². The minimum atomic E-state index is -2.66. The van der Waals surface area contributed by atoms with Gasteiger partial charge in [0.25, 0.3) is 5.92 Å². The monoisotopic (exact) mass is 403 g/mol. The molecular formula is C24H31F2NO2. The zero-order valence-electron chi connectivity index (χ0n) is 17.1. The van der Waals surface area contributed by atoms with Crippen molar-refractivity contribution in [2.75, 3.05) is 0 Å². The highest BCUT2D eigenvalue weighted by Gasteiger charge is 2.67. The molecule has 158 valence electrons. The van der Waals surface area contributed by atoms with Crippen LogP contribution in [0.1, 0.15) is 75.3 Å². The molecule has 5 rings (SSSR count). The van der Waals surface area contributed by atoms with Crippen LogP contribution >= 0.6 is 0 Å². The molecule has 1 amide bonds. The Morgan fingerprint density at radius 3 is 2.79 bits per heavy atom. The van der Waals surface area contributed by atoms with Gasteiger partial charge in [0.05, 0.1) is 0 Å². The molecule has 29 heavy (non-hydrogen) atoms. The van der Waals surface area contributed by atoms with Gasteiger partial charge in [-0.05, 0) is 91.9 Å². The van der Waals surface area contributed by atoms with Crippen LogP contribution in [0.3, 0.4) is 0 Å². The molecule has 3 fully saturated rings. The summed E-state index contributed by atoms with van der Waals surface area (Å²) in [5.74, 6) is -1.92. The van der Waals surface area contributed by atoms with Crippen molar-refractivity contribution in [3.8, 4) is 5.75 Å². The van der Waals surface area contributed by atoms with E-state index in [0.717, 1.165) is 32.1 Å². The zero-order chi connectivity index (χ0) is 20.4. The van der Waals surface area contributed by atoms with Crippen molar-refractivity contribution in [1.82, 2.24) is 5.32 Å². The maximum Gasteiger partial charge on any atom is 0.253 e. The van der Waals surface area contributed by atoms with Crippen molar-refractivity contribution in [2.24, 2.45) is 23.2 Å². The average Bonchev–Trinajstić information content (AvgIpc) is 3.45. The zero-order valence-corrected chi connectivity index (χ0v) is 17.1. The lowest BCUT2D eigenvalue weighted by atomic mass is 9.53. The van der Waals surface area contributed by atoms with Crippen LogP contribution in [0, 0.1) is 23.2 Å². The molecule has 0 heterocycles. The largest absolute Gasteiger partial charge is 0.508 e. The molecule has 0 saturated heterocycles. The van der Waals surface area contributed by atoms with E-state index in [9.17, 15) is 9.90 Å². The Balaban J connectivity index is 1.40. The lowest BCUT2D eigenvalue weighted by Gasteiger charge is -2.51. The van der Waals surface area contributed by atoms with Crippen LogP contribution in [0.15, 0.2) is 18.2 Å². The van der Waals surface area contributed by atoms with Gasteiger partial charge in [0.1, 0.15) is 5.75 Å². The number of alkyl halides is 2. The van der Waals surface area contributed by atoms with Crippen LogP contribution in [0.25, 0.3) is 0 Å². The first-order valence-corrected chi connectivity index (χ1v) is 11.3. The van der Waals surface area contributed by atoms with Crippen molar-refractivity contribution in [3.05, 3.63) is 29.3 Å². The highest BCUT2D eigenvalue weighted by Crippen LogP contribution is 2.68. The molecule has 4 aliphatic carbocycles. The minimum absolute atomic E-state index is 0.0289. The van der Waals surface area contributed by atoms with Gasteiger partial charge < -0.3 is 10.4 Å². The normalized spacial score (nSPS) is 37.3. The minimum Gasteiger partial charge on any atom is -0.508 e. The highest BCUT2D eigenvalue weighted by molar-refractivity contribution is 5.76. The summed E-state index contributed by atoms with van der Waals surface area (Å²) in [5.41, 5.74) is 1.47. The molecule has 3 nitrogen and oxygen atoms in total. The van der Waals surface area contributed by atoms with E-state index in [1.807, 2.05) is 19.1 Å². The first kappa shape index (κ1) is 19.3. The number of phenols is 1. The molecule has 0 aliphatic heterocycles.